The highest BCUT2D eigenvalue weighted by Gasteiger charge is 2.40. The summed E-state index contributed by atoms with van der Waals surface area (Å²) in [6.45, 7) is 9.13. The number of carbonyl (C=O) groups is 3. The van der Waals surface area contributed by atoms with E-state index in [9.17, 15) is 14.4 Å². The number of hydrogen-bond donors (Lipinski definition) is 1. The molecule has 0 spiro atoms. The Labute approximate surface area is 149 Å². The molecule has 0 bridgehead atoms. The minimum absolute atomic E-state index is 0.410. The Kier molecular flexibility index (Phi) is 7.45. The lowest BCUT2D eigenvalue weighted by Crippen LogP contribution is -2.52. The summed E-state index contributed by atoms with van der Waals surface area (Å²) in [5.74, 6) is -0.362. The molecule has 0 saturated carbocycles. The molecule has 0 aliphatic carbocycles. The maximum atomic E-state index is 12.9. The van der Waals surface area contributed by atoms with Crippen LogP contribution in [0.2, 0.25) is 0 Å². The number of methoxy groups -OCH3 is 1. The van der Waals surface area contributed by atoms with E-state index in [-0.39, 0.29) is 0 Å². The normalized spacial score (nSPS) is 18.6. The summed E-state index contributed by atoms with van der Waals surface area (Å²) in [5.41, 5.74) is -0.664. The van der Waals surface area contributed by atoms with E-state index in [0.717, 1.165) is 6.42 Å². The molecule has 1 N–H and O–H groups in total. The van der Waals surface area contributed by atoms with Gasteiger partial charge in [-0.1, -0.05) is 26.7 Å². The van der Waals surface area contributed by atoms with Crippen molar-refractivity contribution in [2.45, 2.75) is 78.0 Å². The Morgan fingerprint density at radius 1 is 1.28 bits per heavy atom. The summed E-state index contributed by atoms with van der Waals surface area (Å²) in [6.07, 6.45) is 3.18. The molecule has 7 heteroatoms. The molecular formula is C18H30N2O5. The Balaban J connectivity index is 2.94. The van der Waals surface area contributed by atoms with E-state index in [4.69, 9.17) is 9.47 Å². The average molecular weight is 354 g/mol. The Morgan fingerprint density at radius 3 is 2.40 bits per heavy atom. The van der Waals surface area contributed by atoms with Gasteiger partial charge in [-0.15, -0.1) is 0 Å². The smallest absolute Gasteiger partial charge is 0.408 e. The predicted octanol–water partition coefficient (Wildman–Crippen LogP) is 2.75. The van der Waals surface area contributed by atoms with Crippen molar-refractivity contribution in [2.75, 3.05) is 7.11 Å². The van der Waals surface area contributed by atoms with Crippen molar-refractivity contribution in [3.05, 3.63) is 11.8 Å². The minimum Gasteiger partial charge on any atom is -0.499 e. The van der Waals surface area contributed by atoms with Crippen LogP contribution in [0.1, 0.15) is 60.3 Å². The molecule has 142 valence electrons. The number of nitrogens with one attached hydrogen (secondary N) is 1. The fourth-order valence-corrected chi connectivity index (χ4v) is 2.73. The van der Waals surface area contributed by atoms with Crippen LogP contribution >= 0.6 is 0 Å². The summed E-state index contributed by atoms with van der Waals surface area (Å²) >= 11 is 0. The van der Waals surface area contributed by atoms with Crippen molar-refractivity contribution in [2.24, 2.45) is 0 Å². The van der Waals surface area contributed by atoms with E-state index >= 15 is 0 Å². The highest BCUT2D eigenvalue weighted by molar-refractivity contribution is 6.06. The first kappa shape index (κ1) is 21.0. The quantitative estimate of drug-likeness (QED) is 0.760. The van der Waals surface area contributed by atoms with Crippen molar-refractivity contribution in [1.29, 1.82) is 0 Å². The van der Waals surface area contributed by atoms with E-state index in [2.05, 4.69) is 5.32 Å². The van der Waals surface area contributed by atoms with Gasteiger partial charge >= 0.3 is 6.09 Å². The van der Waals surface area contributed by atoms with Gasteiger partial charge in [0.25, 0.3) is 11.8 Å². The zero-order valence-corrected chi connectivity index (χ0v) is 16.0. The number of hydrogen-bond acceptors (Lipinski definition) is 5. The lowest BCUT2D eigenvalue weighted by Gasteiger charge is -2.29. The second-order valence-electron chi connectivity index (χ2n) is 7.09. The van der Waals surface area contributed by atoms with Crippen LogP contribution in [-0.2, 0) is 19.1 Å². The number of alkyl carbamates (subject to hydrolysis) is 1. The summed E-state index contributed by atoms with van der Waals surface area (Å²) in [7, 11) is 1.48. The molecular weight excluding hydrogens is 324 g/mol. The second kappa shape index (κ2) is 8.87. The molecule has 0 aromatic rings. The molecule has 2 atom stereocenters. The molecule has 25 heavy (non-hydrogen) atoms. The van der Waals surface area contributed by atoms with Gasteiger partial charge in [-0.3, -0.25) is 14.5 Å². The Hall–Kier alpha value is -2.05. The summed E-state index contributed by atoms with van der Waals surface area (Å²) < 4.78 is 10.5. The molecule has 3 amide bonds. The van der Waals surface area contributed by atoms with Crippen LogP contribution in [0.15, 0.2) is 11.8 Å². The predicted molar refractivity (Wildman–Crippen MR) is 93.7 cm³/mol. The van der Waals surface area contributed by atoms with E-state index < -0.39 is 35.6 Å². The SMILES string of the molecule is CCCC(NC(=O)OC(C)(C)C)C(=O)N1C(=O)C=C(OC)C1CCC. The van der Waals surface area contributed by atoms with Crippen LogP contribution in [0.4, 0.5) is 4.79 Å². The average Bonchev–Trinajstić information content (AvgIpc) is 2.80. The van der Waals surface area contributed by atoms with E-state index in [0.29, 0.717) is 25.0 Å². The van der Waals surface area contributed by atoms with Gasteiger partial charge in [0.15, 0.2) is 0 Å². The van der Waals surface area contributed by atoms with Gasteiger partial charge < -0.3 is 14.8 Å². The lowest BCUT2D eigenvalue weighted by molar-refractivity contribution is -0.144. The largest absolute Gasteiger partial charge is 0.499 e. The minimum atomic E-state index is -0.812. The van der Waals surface area contributed by atoms with Gasteiger partial charge in [0.1, 0.15) is 17.4 Å². The molecule has 0 aromatic heterocycles. The monoisotopic (exact) mass is 354 g/mol. The fraction of sp³-hybridized carbons (Fsp3) is 0.722. The highest BCUT2D eigenvalue weighted by atomic mass is 16.6. The van der Waals surface area contributed by atoms with Gasteiger partial charge in [-0.25, -0.2) is 4.79 Å². The first-order chi connectivity index (χ1) is 11.6. The van der Waals surface area contributed by atoms with Gasteiger partial charge in [0.05, 0.1) is 13.2 Å². The van der Waals surface area contributed by atoms with Crippen LogP contribution in [0, 0.1) is 0 Å². The third kappa shape index (κ3) is 5.76. The molecule has 1 rings (SSSR count). The summed E-state index contributed by atoms with van der Waals surface area (Å²) in [6, 6.07) is -1.23. The molecule has 0 radical (unpaired) electrons. The zero-order valence-electron chi connectivity index (χ0n) is 16.0. The number of ether oxygens (including phenoxy) is 2. The van der Waals surface area contributed by atoms with Gasteiger partial charge in [0, 0.05) is 6.08 Å². The first-order valence-corrected chi connectivity index (χ1v) is 8.76. The number of nitrogens with zero attached hydrogens (tertiary/aromatic N) is 1. The Morgan fingerprint density at radius 2 is 1.92 bits per heavy atom. The number of carbonyl (C=O) groups excluding carboxylic acids is 3. The number of rotatable bonds is 7. The molecule has 0 fully saturated rings. The number of amides is 3. The zero-order chi connectivity index (χ0) is 19.2. The standard InChI is InChI=1S/C18H30N2O5/c1-7-9-12(19-17(23)25-18(3,4)5)16(22)20-13(10-8-2)14(24-6)11-15(20)21/h11-13H,7-10H2,1-6H3,(H,19,23). The van der Waals surface area contributed by atoms with Crippen molar-refractivity contribution < 1.29 is 23.9 Å². The maximum Gasteiger partial charge on any atom is 0.408 e. The van der Waals surface area contributed by atoms with Crippen molar-refractivity contribution in [3.8, 4) is 0 Å². The highest BCUT2D eigenvalue weighted by Crippen LogP contribution is 2.25. The molecule has 0 saturated heterocycles. The second-order valence-corrected chi connectivity index (χ2v) is 7.09. The summed E-state index contributed by atoms with van der Waals surface area (Å²) in [4.78, 5) is 38.5. The van der Waals surface area contributed by atoms with Crippen molar-refractivity contribution >= 4 is 17.9 Å². The van der Waals surface area contributed by atoms with E-state index in [1.807, 2.05) is 13.8 Å². The third-order valence-corrected chi connectivity index (χ3v) is 3.74. The molecule has 0 aromatic carbocycles. The molecule has 2 unspecified atom stereocenters. The van der Waals surface area contributed by atoms with Crippen LogP contribution in [0.25, 0.3) is 0 Å². The maximum absolute atomic E-state index is 12.9. The summed E-state index contributed by atoms with van der Waals surface area (Å²) in [5, 5.41) is 2.60. The van der Waals surface area contributed by atoms with Crippen LogP contribution < -0.4 is 5.32 Å². The molecule has 1 aliphatic heterocycles. The van der Waals surface area contributed by atoms with Gasteiger partial charge in [0.2, 0.25) is 0 Å². The number of imide groups is 1. The van der Waals surface area contributed by atoms with Crippen molar-refractivity contribution in [3.63, 3.8) is 0 Å². The van der Waals surface area contributed by atoms with Gasteiger partial charge in [-0.2, -0.15) is 0 Å². The van der Waals surface area contributed by atoms with Crippen LogP contribution in [0.3, 0.4) is 0 Å². The Bertz CT molecular complexity index is 536. The fourth-order valence-electron chi connectivity index (χ4n) is 2.73. The van der Waals surface area contributed by atoms with Crippen LogP contribution in [-0.4, -0.2) is 47.6 Å². The molecule has 1 heterocycles. The topological polar surface area (TPSA) is 84.9 Å². The van der Waals surface area contributed by atoms with Crippen LogP contribution in [0.5, 0.6) is 0 Å². The van der Waals surface area contributed by atoms with E-state index in [1.54, 1.807) is 20.8 Å². The first-order valence-electron chi connectivity index (χ1n) is 8.76. The van der Waals surface area contributed by atoms with E-state index in [1.165, 1.54) is 18.1 Å². The third-order valence-electron chi connectivity index (χ3n) is 3.74. The molecule has 7 nitrogen and oxygen atoms in total. The lowest BCUT2D eigenvalue weighted by atomic mass is 10.1. The van der Waals surface area contributed by atoms with Crippen molar-refractivity contribution in [1.82, 2.24) is 10.2 Å². The molecule has 1 aliphatic rings. The van der Waals surface area contributed by atoms with Gasteiger partial charge in [-0.05, 0) is 33.6 Å².